The number of nitrogens with zero attached hydrogens (tertiary/aromatic N) is 1. The lowest BCUT2D eigenvalue weighted by Gasteiger charge is -2.40. The maximum Gasteiger partial charge on any atom is 0.335 e. The van der Waals surface area contributed by atoms with Crippen LogP contribution in [0.2, 0.25) is 0 Å². The summed E-state index contributed by atoms with van der Waals surface area (Å²) in [5.74, 6) is -0.924. The highest BCUT2D eigenvalue weighted by molar-refractivity contribution is 5.88. The Labute approximate surface area is 135 Å². The highest BCUT2D eigenvalue weighted by Crippen LogP contribution is 2.42. The van der Waals surface area contributed by atoms with Crippen LogP contribution in [0, 0.1) is 0 Å². The number of benzene rings is 2. The zero-order chi connectivity index (χ0) is 16.6. The van der Waals surface area contributed by atoms with E-state index in [1.807, 2.05) is 30.3 Å². The van der Waals surface area contributed by atoms with E-state index in [4.69, 9.17) is 5.11 Å². The van der Waals surface area contributed by atoms with Gasteiger partial charge in [0.15, 0.2) is 0 Å². The average Bonchev–Trinajstić information content (AvgIpc) is 2.55. The number of carboxylic acids is 1. The molecule has 1 heterocycles. The lowest BCUT2D eigenvalue weighted by atomic mass is 9.77. The summed E-state index contributed by atoms with van der Waals surface area (Å²) in [6.45, 7) is 5.23. The van der Waals surface area contributed by atoms with Crippen molar-refractivity contribution in [2.24, 2.45) is 0 Å². The van der Waals surface area contributed by atoms with Crippen LogP contribution in [0.4, 0.5) is 11.4 Å². The molecule has 1 aliphatic rings. The molecule has 1 aliphatic heterocycles. The monoisotopic (exact) mass is 309 g/mol. The summed E-state index contributed by atoms with van der Waals surface area (Å²) < 4.78 is 0. The molecule has 23 heavy (non-hydrogen) atoms. The first-order valence-corrected chi connectivity index (χ1v) is 7.63. The number of rotatable bonds is 3. The molecule has 0 saturated carbocycles. The third-order valence-electron chi connectivity index (χ3n) is 4.56. The maximum atomic E-state index is 11.1. The molecule has 0 aliphatic carbocycles. The van der Waals surface area contributed by atoms with E-state index in [9.17, 15) is 9.59 Å². The first-order chi connectivity index (χ1) is 10.9. The molecule has 0 amide bonds. The molecule has 4 nitrogen and oxygen atoms in total. The summed E-state index contributed by atoms with van der Waals surface area (Å²) in [4.78, 5) is 24.3. The molecule has 2 aromatic rings. The molecule has 2 aromatic carbocycles. The summed E-state index contributed by atoms with van der Waals surface area (Å²) in [6, 6.07) is 12.7. The van der Waals surface area contributed by atoms with Crippen molar-refractivity contribution in [1.82, 2.24) is 0 Å². The Morgan fingerprint density at radius 3 is 2.48 bits per heavy atom. The van der Waals surface area contributed by atoms with Crippen molar-refractivity contribution in [3.05, 3.63) is 59.2 Å². The summed E-state index contributed by atoms with van der Waals surface area (Å²) in [6.07, 6.45) is 1.83. The second-order valence-electron chi connectivity index (χ2n) is 6.53. The number of aromatic carboxylic acids is 1. The van der Waals surface area contributed by atoms with E-state index in [0.717, 1.165) is 36.2 Å². The summed E-state index contributed by atoms with van der Waals surface area (Å²) in [5, 5.41) is 9.02. The number of anilines is 2. The van der Waals surface area contributed by atoms with Gasteiger partial charge >= 0.3 is 5.97 Å². The Hall–Kier alpha value is -2.62. The van der Waals surface area contributed by atoms with Gasteiger partial charge in [-0.3, -0.25) is 4.79 Å². The average molecular weight is 309 g/mol. The summed E-state index contributed by atoms with van der Waals surface area (Å²) in [7, 11) is 0. The Kier molecular flexibility index (Phi) is 3.68. The third kappa shape index (κ3) is 2.72. The van der Waals surface area contributed by atoms with Gasteiger partial charge in [-0.2, -0.15) is 0 Å². The summed E-state index contributed by atoms with van der Waals surface area (Å²) in [5.41, 5.74) is 4.16. The van der Waals surface area contributed by atoms with Gasteiger partial charge in [0.1, 0.15) is 6.29 Å². The topological polar surface area (TPSA) is 57.6 Å². The molecule has 0 atom stereocenters. The lowest BCUT2D eigenvalue weighted by Crippen LogP contribution is -2.34. The van der Waals surface area contributed by atoms with Crippen LogP contribution < -0.4 is 4.90 Å². The van der Waals surface area contributed by atoms with E-state index in [2.05, 4.69) is 18.7 Å². The van der Waals surface area contributed by atoms with E-state index >= 15 is 0 Å². The van der Waals surface area contributed by atoms with Crippen LogP contribution in [0.1, 0.15) is 46.5 Å². The Balaban J connectivity index is 2.05. The fourth-order valence-electron chi connectivity index (χ4n) is 3.10. The number of carboxylic acid groups (broad SMARTS) is 1. The van der Waals surface area contributed by atoms with Crippen molar-refractivity contribution >= 4 is 23.6 Å². The van der Waals surface area contributed by atoms with E-state index in [1.54, 1.807) is 12.1 Å². The van der Waals surface area contributed by atoms with Gasteiger partial charge in [0.05, 0.1) is 5.56 Å². The Morgan fingerprint density at radius 2 is 1.87 bits per heavy atom. The van der Waals surface area contributed by atoms with Gasteiger partial charge < -0.3 is 10.0 Å². The second kappa shape index (κ2) is 5.54. The van der Waals surface area contributed by atoms with E-state index < -0.39 is 5.97 Å². The number of hydrogen-bond acceptors (Lipinski definition) is 3. The summed E-state index contributed by atoms with van der Waals surface area (Å²) >= 11 is 0. The molecule has 118 valence electrons. The molecule has 0 radical (unpaired) electrons. The van der Waals surface area contributed by atoms with Gasteiger partial charge in [0.25, 0.3) is 0 Å². The normalized spacial score (nSPS) is 15.8. The minimum Gasteiger partial charge on any atom is -0.478 e. The van der Waals surface area contributed by atoms with Gasteiger partial charge in [-0.15, -0.1) is 0 Å². The zero-order valence-corrected chi connectivity index (χ0v) is 13.2. The minimum absolute atomic E-state index is 0.00581. The predicted molar refractivity (Wildman–Crippen MR) is 89.9 cm³/mol. The van der Waals surface area contributed by atoms with Crippen molar-refractivity contribution in [2.75, 3.05) is 11.4 Å². The first kappa shape index (κ1) is 15.3. The molecule has 0 aromatic heterocycles. The fourth-order valence-corrected chi connectivity index (χ4v) is 3.10. The minimum atomic E-state index is -0.924. The lowest BCUT2D eigenvalue weighted by molar-refractivity contribution is 0.0696. The molecule has 4 heteroatoms. The van der Waals surface area contributed by atoms with Gasteiger partial charge in [-0.1, -0.05) is 13.8 Å². The number of hydrogen-bond donors (Lipinski definition) is 1. The predicted octanol–water partition coefficient (Wildman–Crippen LogP) is 4.02. The van der Waals surface area contributed by atoms with Crippen molar-refractivity contribution in [1.29, 1.82) is 0 Å². The molecule has 3 rings (SSSR count). The highest BCUT2D eigenvalue weighted by Gasteiger charge is 2.31. The first-order valence-electron chi connectivity index (χ1n) is 7.63. The molecule has 1 N–H and O–H groups in total. The maximum absolute atomic E-state index is 11.1. The van der Waals surface area contributed by atoms with Crippen LogP contribution in [0.5, 0.6) is 0 Å². The van der Waals surface area contributed by atoms with Crippen LogP contribution in [-0.4, -0.2) is 23.9 Å². The van der Waals surface area contributed by atoms with Crippen molar-refractivity contribution in [2.45, 2.75) is 25.7 Å². The van der Waals surface area contributed by atoms with Gasteiger partial charge in [0.2, 0.25) is 0 Å². The highest BCUT2D eigenvalue weighted by atomic mass is 16.4. The molecular formula is C19H19NO3. The van der Waals surface area contributed by atoms with Crippen LogP contribution in [0.15, 0.2) is 42.5 Å². The largest absolute Gasteiger partial charge is 0.478 e. The fraction of sp³-hybridized carbons (Fsp3) is 0.263. The van der Waals surface area contributed by atoms with E-state index in [0.29, 0.717) is 5.56 Å². The number of carbonyl (C=O) groups is 2. The number of fused-ring (bicyclic) bond motifs is 1. The van der Waals surface area contributed by atoms with Gasteiger partial charge in [-0.05, 0) is 59.9 Å². The second-order valence-corrected chi connectivity index (χ2v) is 6.53. The van der Waals surface area contributed by atoms with E-state index in [-0.39, 0.29) is 11.0 Å². The Morgan fingerprint density at radius 1 is 1.17 bits per heavy atom. The SMILES string of the molecule is CC1(C)CCN(c2ccc(C(=O)O)cc2)c2ccc(C=O)cc21. The smallest absolute Gasteiger partial charge is 0.335 e. The van der Waals surface area contributed by atoms with Crippen molar-refractivity contribution < 1.29 is 14.7 Å². The van der Waals surface area contributed by atoms with Crippen LogP contribution in [0.3, 0.4) is 0 Å². The van der Waals surface area contributed by atoms with Crippen LogP contribution in [-0.2, 0) is 5.41 Å². The van der Waals surface area contributed by atoms with Gasteiger partial charge in [-0.25, -0.2) is 4.79 Å². The zero-order valence-electron chi connectivity index (χ0n) is 13.2. The number of carbonyl (C=O) groups excluding carboxylic acids is 1. The van der Waals surface area contributed by atoms with E-state index in [1.165, 1.54) is 0 Å². The number of aldehydes is 1. The molecule has 0 bridgehead atoms. The Bertz CT molecular complexity index is 763. The quantitative estimate of drug-likeness (QED) is 0.870. The van der Waals surface area contributed by atoms with Crippen LogP contribution >= 0.6 is 0 Å². The van der Waals surface area contributed by atoms with Crippen molar-refractivity contribution in [3.8, 4) is 0 Å². The van der Waals surface area contributed by atoms with Crippen LogP contribution in [0.25, 0.3) is 0 Å². The molecule has 0 unspecified atom stereocenters. The van der Waals surface area contributed by atoms with Crippen molar-refractivity contribution in [3.63, 3.8) is 0 Å². The molecule has 0 saturated heterocycles. The molecule has 0 fully saturated rings. The van der Waals surface area contributed by atoms with Gasteiger partial charge in [0, 0.05) is 23.5 Å². The standard InChI is InChI=1S/C19H19NO3/c1-19(2)9-10-20(15-6-4-14(5-7-15)18(22)23)17-8-3-13(12-21)11-16(17)19/h3-8,11-12H,9-10H2,1-2H3,(H,22,23). The molecular weight excluding hydrogens is 290 g/mol. The molecule has 0 spiro atoms. The third-order valence-corrected chi connectivity index (χ3v) is 4.56.